The summed E-state index contributed by atoms with van der Waals surface area (Å²) in [6.07, 6.45) is 6.31. The number of pyridine rings is 1. The molecule has 1 aliphatic rings. The number of hydrogen-bond donors (Lipinski definition) is 1. The second-order valence-corrected chi connectivity index (χ2v) is 4.61. The highest BCUT2D eigenvalue weighted by molar-refractivity contribution is 5.97. The molecule has 1 amide bonds. The third kappa shape index (κ3) is 3.33. The summed E-state index contributed by atoms with van der Waals surface area (Å²) in [5.74, 6) is 5.38. The monoisotopic (exact) mass is 258 g/mol. The number of rotatable bonds is 4. The van der Waals surface area contributed by atoms with Gasteiger partial charge in [-0.1, -0.05) is 18.8 Å². The third-order valence-corrected chi connectivity index (χ3v) is 3.07. The normalized spacial score (nSPS) is 13.6. The zero-order chi connectivity index (χ0) is 13.7. The number of hydrogen-bond acceptors (Lipinski definition) is 3. The van der Waals surface area contributed by atoms with Crippen LogP contribution in [0.1, 0.15) is 42.1 Å². The summed E-state index contributed by atoms with van der Waals surface area (Å²) in [4.78, 5) is 18.5. The Hall–Kier alpha value is -1.86. The standard InChI is InChI=1S/C15H18N2O2/c1-2-9-17(13-5-6-13)15(19)14-7-8-16-11-12(14)4-3-10-18/h7-8,11,13,18H,2,5-6,9-10H2,1H3. The van der Waals surface area contributed by atoms with Crippen LogP contribution < -0.4 is 0 Å². The first-order chi connectivity index (χ1) is 9.27. The molecule has 0 spiro atoms. The van der Waals surface area contributed by atoms with Crippen molar-refractivity contribution < 1.29 is 9.90 Å². The van der Waals surface area contributed by atoms with Crippen LogP contribution in [0.3, 0.4) is 0 Å². The summed E-state index contributed by atoms with van der Waals surface area (Å²) < 4.78 is 0. The highest BCUT2D eigenvalue weighted by Gasteiger charge is 2.32. The Bertz CT molecular complexity index is 512. The summed E-state index contributed by atoms with van der Waals surface area (Å²) in [5, 5.41) is 8.76. The Morgan fingerprint density at radius 1 is 1.58 bits per heavy atom. The molecular formula is C15H18N2O2. The molecule has 2 rings (SSSR count). The number of nitrogens with zero attached hydrogens (tertiary/aromatic N) is 2. The van der Waals surface area contributed by atoms with Gasteiger partial charge in [-0.3, -0.25) is 9.78 Å². The molecule has 0 saturated heterocycles. The minimum atomic E-state index is -0.218. The van der Waals surface area contributed by atoms with Crippen molar-refractivity contribution in [3.63, 3.8) is 0 Å². The summed E-state index contributed by atoms with van der Waals surface area (Å²) >= 11 is 0. The molecule has 1 aliphatic carbocycles. The molecule has 1 aromatic heterocycles. The first kappa shape index (κ1) is 13.6. The molecule has 1 heterocycles. The second-order valence-electron chi connectivity index (χ2n) is 4.61. The van der Waals surface area contributed by atoms with Gasteiger partial charge in [0.1, 0.15) is 6.61 Å². The lowest BCUT2D eigenvalue weighted by Crippen LogP contribution is -2.34. The van der Waals surface area contributed by atoms with Gasteiger partial charge < -0.3 is 10.0 Å². The molecule has 19 heavy (non-hydrogen) atoms. The summed E-state index contributed by atoms with van der Waals surface area (Å²) in [6, 6.07) is 2.09. The average molecular weight is 258 g/mol. The van der Waals surface area contributed by atoms with E-state index in [0.717, 1.165) is 25.8 Å². The van der Waals surface area contributed by atoms with Gasteiger partial charge in [0, 0.05) is 25.0 Å². The Morgan fingerprint density at radius 2 is 2.37 bits per heavy atom. The molecule has 1 aromatic rings. The number of aliphatic hydroxyl groups is 1. The lowest BCUT2D eigenvalue weighted by Gasteiger charge is -2.22. The summed E-state index contributed by atoms with van der Waals surface area (Å²) in [7, 11) is 0. The molecule has 0 aliphatic heterocycles. The highest BCUT2D eigenvalue weighted by atomic mass is 16.2. The van der Waals surface area contributed by atoms with Crippen LogP contribution >= 0.6 is 0 Å². The topological polar surface area (TPSA) is 53.4 Å². The van der Waals surface area contributed by atoms with Gasteiger partial charge in [-0.05, 0) is 25.3 Å². The Balaban J connectivity index is 2.26. The Kier molecular flexibility index (Phi) is 4.53. The van der Waals surface area contributed by atoms with Crippen molar-refractivity contribution in [3.05, 3.63) is 29.6 Å². The van der Waals surface area contributed by atoms with Gasteiger partial charge in [-0.15, -0.1) is 0 Å². The molecule has 0 bridgehead atoms. The van der Waals surface area contributed by atoms with Gasteiger partial charge in [0.05, 0.1) is 11.1 Å². The van der Waals surface area contributed by atoms with Gasteiger partial charge in [-0.2, -0.15) is 0 Å². The average Bonchev–Trinajstić information content (AvgIpc) is 3.26. The SMILES string of the molecule is CCCN(C(=O)c1ccncc1C#CCO)C1CC1. The van der Waals surface area contributed by atoms with Crippen LogP contribution in [0.5, 0.6) is 0 Å². The van der Waals surface area contributed by atoms with Gasteiger partial charge >= 0.3 is 0 Å². The minimum Gasteiger partial charge on any atom is -0.384 e. The van der Waals surface area contributed by atoms with Gasteiger partial charge in [-0.25, -0.2) is 0 Å². The van der Waals surface area contributed by atoms with Crippen molar-refractivity contribution >= 4 is 5.91 Å². The molecule has 0 atom stereocenters. The fourth-order valence-corrected chi connectivity index (χ4v) is 2.05. The molecule has 1 N–H and O–H groups in total. The van der Waals surface area contributed by atoms with E-state index in [2.05, 4.69) is 23.7 Å². The van der Waals surface area contributed by atoms with E-state index in [4.69, 9.17) is 5.11 Å². The number of carbonyl (C=O) groups is 1. The molecule has 0 aromatic carbocycles. The van der Waals surface area contributed by atoms with E-state index < -0.39 is 0 Å². The van der Waals surface area contributed by atoms with Gasteiger partial charge in [0.25, 0.3) is 5.91 Å². The summed E-state index contributed by atoms with van der Waals surface area (Å²) in [5.41, 5.74) is 1.17. The molecule has 1 saturated carbocycles. The van der Waals surface area contributed by atoms with E-state index >= 15 is 0 Å². The molecule has 0 unspecified atom stereocenters. The molecule has 4 nitrogen and oxygen atoms in total. The molecule has 0 radical (unpaired) electrons. The van der Waals surface area contributed by atoms with Crippen LogP contribution in [0.25, 0.3) is 0 Å². The summed E-state index contributed by atoms with van der Waals surface area (Å²) in [6.45, 7) is 2.63. The van der Waals surface area contributed by atoms with Crippen LogP contribution in [0, 0.1) is 11.8 Å². The van der Waals surface area contributed by atoms with Crippen LogP contribution in [0.4, 0.5) is 0 Å². The molecule has 4 heteroatoms. The van der Waals surface area contributed by atoms with Crippen molar-refractivity contribution in [2.24, 2.45) is 0 Å². The molecule has 100 valence electrons. The quantitative estimate of drug-likeness (QED) is 0.831. The first-order valence-corrected chi connectivity index (χ1v) is 6.62. The number of aromatic nitrogens is 1. The third-order valence-electron chi connectivity index (χ3n) is 3.07. The molecule has 1 fully saturated rings. The Labute approximate surface area is 113 Å². The predicted octanol–water partition coefficient (Wildman–Crippen LogP) is 1.44. The zero-order valence-corrected chi connectivity index (χ0v) is 11.1. The smallest absolute Gasteiger partial charge is 0.255 e. The van der Waals surface area contributed by atoms with Crippen LogP contribution in [-0.4, -0.2) is 40.1 Å². The van der Waals surface area contributed by atoms with Gasteiger partial charge in [0.2, 0.25) is 0 Å². The van der Waals surface area contributed by atoms with Crippen molar-refractivity contribution in [2.45, 2.75) is 32.2 Å². The minimum absolute atomic E-state index is 0.0222. The van der Waals surface area contributed by atoms with E-state index in [1.165, 1.54) is 0 Å². The number of amides is 1. The molecular weight excluding hydrogens is 240 g/mol. The maximum Gasteiger partial charge on any atom is 0.255 e. The van der Waals surface area contributed by atoms with Crippen LogP contribution in [0.2, 0.25) is 0 Å². The Morgan fingerprint density at radius 3 is 3.00 bits per heavy atom. The van der Waals surface area contributed by atoms with Crippen molar-refractivity contribution in [2.75, 3.05) is 13.2 Å². The maximum atomic E-state index is 12.6. The highest BCUT2D eigenvalue weighted by Crippen LogP contribution is 2.28. The van der Waals surface area contributed by atoms with Crippen LogP contribution in [0.15, 0.2) is 18.5 Å². The fourth-order valence-electron chi connectivity index (χ4n) is 2.05. The van der Waals surface area contributed by atoms with E-state index in [9.17, 15) is 4.79 Å². The number of carbonyl (C=O) groups excluding carboxylic acids is 1. The first-order valence-electron chi connectivity index (χ1n) is 6.62. The lowest BCUT2D eigenvalue weighted by molar-refractivity contribution is 0.0742. The predicted molar refractivity (Wildman–Crippen MR) is 72.6 cm³/mol. The lowest BCUT2D eigenvalue weighted by atomic mass is 10.1. The van der Waals surface area contributed by atoms with Crippen molar-refractivity contribution in [3.8, 4) is 11.8 Å². The van der Waals surface area contributed by atoms with Crippen LogP contribution in [-0.2, 0) is 0 Å². The van der Waals surface area contributed by atoms with E-state index in [1.54, 1.807) is 18.5 Å². The number of aliphatic hydroxyl groups excluding tert-OH is 1. The van der Waals surface area contributed by atoms with E-state index in [0.29, 0.717) is 17.2 Å². The van der Waals surface area contributed by atoms with E-state index in [-0.39, 0.29) is 12.5 Å². The maximum absolute atomic E-state index is 12.6. The second kappa shape index (κ2) is 6.35. The van der Waals surface area contributed by atoms with Gasteiger partial charge in [0.15, 0.2) is 0 Å². The van der Waals surface area contributed by atoms with Crippen molar-refractivity contribution in [1.29, 1.82) is 0 Å². The zero-order valence-electron chi connectivity index (χ0n) is 11.1. The fraction of sp³-hybridized carbons (Fsp3) is 0.467. The van der Waals surface area contributed by atoms with E-state index in [1.807, 2.05) is 4.90 Å². The van der Waals surface area contributed by atoms with Crippen molar-refractivity contribution in [1.82, 2.24) is 9.88 Å². The largest absolute Gasteiger partial charge is 0.384 e.